The first-order chi connectivity index (χ1) is 6.48. The molecule has 0 saturated carbocycles. The number of halogens is 1. The van der Waals surface area contributed by atoms with E-state index in [1.165, 1.54) is 0 Å². The number of hydrogen-bond donors (Lipinski definition) is 1. The number of carbonyl (C=O) groups is 1. The molecule has 1 aliphatic heterocycles. The van der Waals surface area contributed by atoms with E-state index >= 15 is 0 Å². The number of likely N-dealkylation sites (tertiary alicyclic amines) is 1. The van der Waals surface area contributed by atoms with Gasteiger partial charge in [-0.2, -0.15) is 0 Å². The lowest BCUT2D eigenvalue weighted by atomic mass is 9.81. The van der Waals surface area contributed by atoms with Crippen LogP contribution < -0.4 is 5.73 Å². The maximum Gasteiger partial charge on any atom is 0.239 e. The van der Waals surface area contributed by atoms with E-state index in [2.05, 4.69) is 0 Å². The van der Waals surface area contributed by atoms with Crippen LogP contribution >= 0.6 is 0 Å². The first-order valence-electron chi connectivity index (χ1n) is 5.09. The average Bonchev–Trinajstić information content (AvgIpc) is 2.18. The molecule has 1 saturated heterocycles. The molecule has 1 unspecified atom stereocenters. The Morgan fingerprint density at radius 3 is 2.43 bits per heavy atom. The molecule has 1 atom stereocenters. The largest absolute Gasteiger partial charge is 0.341 e. The Morgan fingerprint density at radius 1 is 1.57 bits per heavy atom. The highest BCUT2D eigenvalue weighted by Gasteiger charge is 2.32. The molecule has 0 aliphatic carbocycles. The number of amides is 1. The van der Waals surface area contributed by atoms with Crippen LogP contribution in [0.25, 0.3) is 0 Å². The fourth-order valence-electron chi connectivity index (χ4n) is 1.69. The Morgan fingerprint density at radius 2 is 2.07 bits per heavy atom. The number of nitrogens with zero attached hydrogens (tertiary/aromatic N) is 1. The second kappa shape index (κ2) is 4.26. The summed E-state index contributed by atoms with van der Waals surface area (Å²) in [5, 5.41) is 0. The van der Waals surface area contributed by atoms with E-state index in [0.717, 1.165) is 12.8 Å². The number of nitrogens with two attached hydrogens (primary N) is 1. The van der Waals surface area contributed by atoms with Crippen LogP contribution in [0.5, 0.6) is 0 Å². The summed E-state index contributed by atoms with van der Waals surface area (Å²) in [7, 11) is 0. The number of alkyl halides is 1. The maximum absolute atomic E-state index is 12.6. The maximum atomic E-state index is 12.6. The topological polar surface area (TPSA) is 46.3 Å². The summed E-state index contributed by atoms with van der Waals surface area (Å²) in [5.41, 5.74) is 5.27. The first kappa shape index (κ1) is 11.4. The lowest BCUT2D eigenvalue weighted by molar-refractivity contribution is -0.134. The van der Waals surface area contributed by atoms with E-state index < -0.39 is 6.04 Å². The minimum Gasteiger partial charge on any atom is -0.341 e. The van der Waals surface area contributed by atoms with Crippen LogP contribution in [0.3, 0.4) is 0 Å². The van der Waals surface area contributed by atoms with Crippen molar-refractivity contribution < 1.29 is 9.18 Å². The van der Waals surface area contributed by atoms with Crippen LogP contribution in [-0.2, 0) is 4.79 Å². The predicted octanol–water partition coefficient (Wildman–Crippen LogP) is 0.932. The third kappa shape index (κ3) is 2.44. The lowest BCUT2D eigenvalue weighted by Crippen LogP contribution is -2.48. The molecule has 0 radical (unpaired) electrons. The van der Waals surface area contributed by atoms with Gasteiger partial charge >= 0.3 is 0 Å². The molecule has 1 heterocycles. The molecule has 1 amide bonds. The molecule has 1 aliphatic rings. The smallest absolute Gasteiger partial charge is 0.239 e. The highest BCUT2D eigenvalue weighted by atomic mass is 19.1. The van der Waals surface area contributed by atoms with Gasteiger partial charge in [-0.15, -0.1) is 0 Å². The van der Waals surface area contributed by atoms with Gasteiger partial charge in [0.15, 0.2) is 0 Å². The molecule has 0 spiro atoms. The molecule has 1 rings (SSSR count). The predicted molar refractivity (Wildman–Crippen MR) is 53.5 cm³/mol. The van der Waals surface area contributed by atoms with Crippen molar-refractivity contribution >= 4 is 5.91 Å². The molecule has 3 nitrogen and oxygen atoms in total. The molecule has 4 heteroatoms. The Labute approximate surface area is 84.4 Å². The second-order valence-electron chi connectivity index (χ2n) is 4.56. The summed E-state index contributed by atoms with van der Waals surface area (Å²) in [6.45, 7) is 4.60. The van der Waals surface area contributed by atoms with Crippen molar-refractivity contribution in [2.75, 3.05) is 19.8 Å². The second-order valence-corrected chi connectivity index (χ2v) is 4.56. The molecule has 82 valence electrons. The lowest BCUT2D eigenvalue weighted by Gasteiger charge is -2.38. The molecule has 1 fully saturated rings. The van der Waals surface area contributed by atoms with E-state index in [1.54, 1.807) is 11.8 Å². The minimum atomic E-state index is -0.440. The zero-order valence-corrected chi connectivity index (χ0v) is 8.92. The Hall–Kier alpha value is -0.640. The zero-order valence-electron chi connectivity index (χ0n) is 8.92. The van der Waals surface area contributed by atoms with Crippen LogP contribution in [0, 0.1) is 5.41 Å². The molecular weight excluding hydrogens is 183 g/mol. The van der Waals surface area contributed by atoms with Crippen LogP contribution in [-0.4, -0.2) is 36.6 Å². The van der Waals surface area contributed by atoms with Crippen molar-refractivity contribution in [3.8, 4) is 0 Å². The average molecular weight is 202 g/mol. The van der Waals surface area contributed by atoms with Crippen molar-refractivity contribution in [3.05, 3.63) is 0 Å². The van der Waals surface area contributed by atoms with Gasteiger partial charge in [-0.05, 0) is 25.2 Å². The number of rotatable bonds is 2. The standard InChI is InChI=1S/C10H19FN2O/c1-8(12)9(14)13-5-3-10(2,7-11)4-6-13/h8H,3-7,12H2,1-2H3. The van der Waals surface area contributed by atoms with E-state index in [1.807, 2.05) is 6.92 Å². The number of carbonyl (C=O) groups excluding carboxylic acids is 1. The Kier molecular flexibility index (Phi) is 3.48. The Bertz CT molecular complexity index is 210. The molecule has 2 N–H and O–H groups in total. The molecule has 14 heavy (non-hydrogen) atoms. The van der Waals surface area contributed by atoms with Crippen molar-refractivity contribution in [2.45, 2.75) is 32.7 Å². The summed E-state index contributed by atoms with van der Waals surface area (Å²) in [6, 6.07) is -0.440. The third-order valence-electron chi connectivity index (χ3n) is 2.99. The summed E-state index contributed by atoms with van der Waals surface area (Å²) in [5.74, 6) is -0.0223. The van der Waals surface area contributed by atoms with E-state index in [9.17, 15) is 9.18 Å². The van der Waals surface area contributed by atoms with Crippen LogP contribution in [0.4, 0.5) is 4.39 Å². The van der Waals surface area contributed by atoms with Gasteiger partial charge in [0, 0.05) is 13.1 Å². The molecular formula is C10H19FN2O. The van der Waals surface area contributed by atoms with Gasteiger partial charge in [0.25, 0.3) is 0 Å². The number of piperidine rings is 1. The first-order valence-corrected chi connectivity index (χ1v) is 5.09. The van der Waals surface area contributed by atoms with E-state index in [4.69, 9.17) is 5.73 Å². The highest BCUT2D eigenvalue weighted by molar-refractivity contribution is 5.81. The summed E-state index contributed by atoms with van der Waals surface area (Å²) >= 11 is 0. The molecule has 0 aromatic rings. The van der Waals surface area contributed by atoms with Gasteiger partial charge < -0.3 is 10.6 Å². The molecule has 0 aromatic heterocycles. The van der Waals surface area contributed by atoms with Crippen LogP contribution in [0.1, 0.15) is 26.7 Å². The fourth-order valence-corrected chi connectivity index (χ4v) is 1.69. The van der Waals surface area contributed by atoms with Crippen molar-refractivity contribution in [1.29, 1.82) is 0 Å². The molecule has 0 bridgehead atoms. The summed E-state index contributed by atoms with van der Waals surface area (Å²) < 4.78 is 12.6. The Balaban J connectivity index is 2.47. The van der Waals surface area contributed by atoms with Crippen molar-refractivity contribution in [2.24, 2.45) is 11.1 Å². The van der Waals surface area contributed by atoms with Crippen LogP contribution in [0.2, 0.25) is 0 Å². The van der Waals surface area contributed by atoms with Gasteiger partial charge in [0.1, 0.15) is 0 Å². The van der Waals surface area contributed by atoms with Gasteiger partial charge in [0.05, 0.1) is 12.7 Å². The molecule has 0 aromatic carbocycles. The summed E-state index contributed by atoms with van der Waals surface area (Å²) in [4.78, 5) is 13.2. The summed E-state index contributed by atoms with van der Waals surface area (Å²) in [6.07, 6.45) is 1.48. The SMILES string of the molecule is CC(N)C(=O)N1CCC(C)(CF)CC1. The highest BCUT2D eigenvalue weighted by Crippen LogP contribution is 2.31. The van der Waals surface area contributed by atoms with Gasteiger partial charge in [-0.3, -0.25) is 9.18 Å². The van der Waals surface area contributed by atoms with Gasteiger partial charge in [0.2, 0.25) is 5.91 Å². The van der Waals surface area contributed by atoms with Crippen molar-refractivity contribution in [3.63, 3.8) is 0 Å². The van der Waals surface area contributed by atoms with Crippen LogP contribution in [0.15, 0.2) is 0 Å². The van der Waals surface area contributed by atoms with E-state index in [0.29, 0.717) is 13.1 Å². The monoisotopic (exact) mass is 202 g/mol. The van der Waals surface area contributed by atoms with Crippen molar-refractivity contribution in [1.82, 2.24) is 4.90 Å². The third-order valence-corrected chi connectivity index (χ3v) is 2.99. The number of hydrogen-bond acceptors (Lipinski definition) is 2. The fraction of sp³-hybridized carbons (Fsp3) is 0.900. The zero-order chi connectivity index (χ0) is 10.8. The normalized spacial score (nSPS) is 23.3. The van der Waals surface area contributed by atoms with Gasteiger partial charge in [-0.1, -0.05) is 6.92 Å². The minimum absolute atomic E-state index is 0.0223. The quantitative estimate of drug-likeness (QED) is 0.724. The van der Waals surface area contributed by atoms with Gasteiger partial charge in [-0.25, -0.2) is 0 Å². The van der Waals surface area contributed by atoms with E-state index in [-0.39, 0.29) is 18.0 Å².